The van der Waals surface area contributed by atoms with E-state index >= 15 is 0 Å². The van der Waals surface area contributed by atoms with Gasteiger partial charge in [0.1, 0.15) is 11.8 Å². The Morgan fingerprint density at radius 3 is 1.85 bits per heavy atom. The average molecular weight is 558 g/mol. The molecule has 0 saturated heterocycles. The molecule has 15 nitrogen and oxygen atoms in total. The molecule has 0 aliphatic rings. The minimum Gasteiger partial charge on any atom is -0.494 e. The van der Waals surface area contributed by atoms with Crippen LogP contribution in [0.3, 0.4) is 0 Å². The van der Waals surface area contributed by atoms with Gasteiger partial charge >= 0.3 is 29.8 Å². The zero-order chi connectivity index (χ0) is 29.4. The van der Waals surface area contributed by atoms with Crippen LogP contribution in [0.15, 0.2) is 24.3 Å². The van der Waals surface area contributed by atoms with Crippen LogP contribution in [-0.4, -0.2) is 142 Å². The van der Waals surface area contributed by atoms with Crippen LogP contribution in [0.1, 0.15) is 12.5 Å². The van der Waals surface area contributed by atoms with Gasteiger partial charge in [0.2, 0.25) is 0 Å². The molecular formula is C24H35N3O12. The molecule has 0 aliphatic carbocycles. The lowest BCUT2D eigenvalue weighted by atomic mass is 10.2. The van der Waals surface area contributed by atoms with Gasteiger partial charge in [-0.05, 0) is 24.6 Å². The number of carboxylic acids is 5. The number of rotatable bonds is 22. The number of ether oxygens (including phenoxy) is 2. The molecule has 0 saturated carbocycles. The molecule has 0 amide bonds. The number of nitrogens with zero attached hydrogens (tertiary/aromatic N) is 3. The number of hydrogen-bond acceptors (Lipinski definition) is 10. The van der Waals surface area contributed by atoms with Crippen molar-refractivity contribution in [3.63, 3.8) is 0 Å². The van der Waals surface area contributed by atoms with E-state index in [-0.39, 0.29) is 39.4 Å². The van der Waals surface area contributed by atoms with Gasteiger partial charge in [-0.2, -0.15) is 0 Å². The largest absolute Gasteiger partial charge is 0.494 e. The third-order valence-corrected chi connectivity index (χ3v) is 5.33. The highest BCUT2D eigenvalue weighted by molar-refractivity contribution is 5.76. The van der Waals surface area contributed by atoms with E-state index in [1.165, 1.54) is 4.90 Å². The molecule has 15 heteroatoms. The maximum Gasteiger partial charge on any atom is 0.323 e. The molecule has 5 N–H and O–H groups in total. The Labute approximate surface area is 224 Å². The molecular weight excluding hydrogens is 522 g/mol. The van der Waals surface area contributed by atoms with E-state index in [0.29, 0.717) is 12.4 Å². The topological polar surface area (TPSA) is 215 Å². The second-order valence-electron chi connectivity index (χ2n) is 8.48. The zero-order valence-electron chi connectivity index (χ0n) is 21.6. The molecule has 39 heavy (non-hydrogen) atoms. The van der Waals surface area contributed by atoms with Crippen LogP contribution in [0.25, 0.3) is 0 Å². The van der Waals surface area contributed by atoms with Crippen molar-refractivity contribution in [2.75, 3.05) is 65.6 Å². The second kappa shape index (κ2) is 17.7. The Balaban J connectivity index is 2.89. The molecule has 0 heterocycles. The van der Waals surface area contributed by atoms with Gasteiger partial charge in [0.25, 0.3) is 0 Å². The molecule has 0 bridgehead atoms. The second-order valence-corrected chi connectivity index (χ2v) is 8.48. The summed E-state index contributed by atoms with van der Waals surface area (Å²) in [5, 5.41) is 46.3. The summed E-state index contributed by atoms with van der Waals surface area (Å²) in [6.07, 6.45) is 0. The van der Waals surface area contributed by atoms with E-state index in [1.54, 1.807) is 24.3 Å². The van der Waals surface area contributed by atoms with E-state index < -0.39 is 62.1 Å². The fraction of sp³-hybridized carbons (Fsp3) is 0.542. The summed E-state index contributed by atoms with van der Waals surface area (Å²) in [6, 6.07) is 5.64. The van der Waals surface area contributed by atoms with Gasteiger partial charge in [-0.3, -0.25) is 38.7 Å². The number of aliphatic carboxylic acids is 5. The van der Waals surface area contributed by atoms with Gasteiger partial charge in [0, 0.05) is 26.2 Å². The quantitative estimate of drug-likeness (QED) is 0.119. The monoisotopic (exact) mass is 557 g/mol. The van der Waals surface area contributed by atoms with E-state index in [2.05, 4.69) is 0 Å². The maximum atomic E-state index is 12.0. The lowest BCUT2D eigenvalue weighted by Crippen LogP contribution is -2.50. The molecule has 0 spiro atoms. The van der Waals surface area contributed by atoms with Gasteiger partial charge in [0.05, 0.1) is 46.0 Å². The molecule has 0 aliphatic heterocycles. The van der Waals surface area contributed by atoms with Crippen molar-refractivity contribution in [1.82, 2.24) is 14.7 Å². The Kier molecular flexibility index (Phi) is 15.1. The summed E-state index contributed by atoms with van der Waals surface area (Å²) < 4.78 is 11.0. The molecule has 1 rings (SSSR count). The number of carbonyl (C=O) groups is 5. The lowest BCUT2D eigenvalue weighted by Gasteiger charge is -2.30. The first kappa shape index (κ1) is 33.2. The van der Waals surface area contributed by atoms with E-state index in [0.717, 1.165) is 15.4 Å². The third-order valence-electron chi connectivity index (χ3n) is 5.33. The Hall–Kier alpha value is -3.79. The van der Waals surface area contributed by atoms with Crippen molar-refractivity contribution >= 4 is 29.8 Å². The summed E-state index contributed by atoms with van der Waals surface area (Å²) in [5.74, 6) is -5.77. The van der Waals surface area contributed by atoms with Crippen molar-refractivity contribution in [1.29, 1.82) is 0 Å². The van der Waals surface area contributed by atoms with Crippen LogP contribution in [0, 0.1) is 0 Å². The smallest absolute Gasteiger partial charge is 0.323 e. The van der Waals surface area contributed by atoms with Crippen molar-refractivity contribution in [3.8, 4) is 5.75 Å². The molecule has 1 unspecified atom stereocenters. The molecule has 1 atom stereocenters. The van der Waals surface area contributed by atoms with E-state index in [1.807, 2.05) is 6.92 Å². The van der Waals surface area contributed by atoms with Crippen molar-refractivity contribution in [2.45, 2.75) is 19.6 Å². The van der Waals surface area contributed by atoms with Crippen molar-refractivity contribution < 1.29 is 59.0 Å². The van der Waals surface area contributed by atoms with E-state index in [4.69, 9.17) is 19.7 Å². The number of hydrogen-bond donors (Lipinski definition) is 5. The lowest BCUT2D eigenvalue weighted by molar-refractivity contribution is -0.149. The Morgan fingerprint density at radius 2 is 1.31 bits per heavy atom. The minimum atomic E-state index is -1.36. The molecule has 1 aromatic carbocycles. The summed E-state index contributed by atoms with van der Waals surface area (Å²) in [7, 11) is 0. The summed E-state index contributed by atoms with van der Waals surface area (Å²) >= 11 is 0. The Morgan fingerprint density at radius 1 is 0.769 bits per heavy atom. The average Bonchev–Trinajstić information content (AvgIpc) is 2.81. The molecule has 0 aromatic heterocycles. The third kappa shape index (κ3) is 14.7. The van der Waals surface area contributed by atoms with Crippen molar-refractivity contribution in [3.05, 3.63) is 29.8 Å². The van der Waals surface area contributed by atoms with Gasteiger partial charge in [-0.15, -0.1) is 0 Å². The summed E-state index contributed by atoms with van der Waals surface area (Å²) in [4.78, 5) is 60.4. The molecule has 1 aromatic rings. The highest BCUT2D eigenvalue weighted by atomic mass is 16.5. The fourth-order valence-electron chi connectivity index (χ4n) is 3.64. The summed E-state index contributed by atoms with van der Waals surface area (Å²) in [5.41, 5.74) is 0.717. The standard InChI is InChI=1S/C24H35N3O12/c1-2-39-18-5-3-4-17(10-18)15-38-16-19(24(36)37)27(14-23(34)35)9-8-25(11-20(28)29)6-7-26(12-21(30)31)13-22(32)33/h3-5,10,19H,2,6-9,11-16H2,1H3,(H,28,29)(H,30,31)(H,32,33)(H,34,35)(H,36,37). The van der Waals surface area contributed by atoms with Gasteiger partial charge in [0.15, 0.2) is 0 Å². The van der Waals surface area contributed by atoms with Gasteiger partial charge in [-0.25, -0.2) is 0 Å². The minimum absolute atomic E-state index is 0.0414. The highest BCUT2D eigenvalue weighted by Gasteiger charge is 2.28. The van der Waals surface area contributed by atoms with Crippen LogP contribution in [0.5, 0.6) is 5.75 Å². The highest BCUT2D eigenvalue weighted by Crippen LogP contribution is 2.14. The van der Waals surface area contributed by atoms with Crippen LogP contribution < -0.4 is 4.74 Å². The normalized spacial score (nSPS) is 12.0. The molecule has 0 radical (unpaired) electrons. The first-order valence-electron chi connectivity index (χ1n) is 12.0. The number of carboxylic acid groups (broad SMARTS) is 5. The first-order valence-corrected chi connectivity index (χ1v) is 12.0. The fourth-order valence-corrected chi connectivity index (χ4v) is 3.64. The predicted molar refractivity (Wildman–Crippen MR) is 134 cm³/mol. The molecule has 218 valence electrons. The summed E-state index contributed by atoms with van der Waals surface area (Å²) in [6.45, 7) is -0.770. The Bertz CT molecular complexity index is 957. The van der Waals surface area contributed by atoms with Crippen LogP contribution >= 0.6 is 0 Å². The first-order chi connectivity index (χ1) is 18.4. The van der Waals surface area contributed by atoms with Crippen LogP contribution in [0.2, 0.25) is 0 Å². The number of benzene rings is 1. The van der Waals surface area contributed by atoms with Gasteiger partial charge in [-0.1, -0.05) is 12.1 Å². The maximum absolute atomic E-state index is 12.0. The molecule has 0 fully saturated rings. The van der Waals surface area contributed by atoms with Crippen LogP contribution in [-0.2, 0) is 35.3 Å². The predicted octanol–water partition coefficient (Wildman–Crippen LogP) is -0.700. The SMILES string of the molecule is CCOc1cccc(COCC(C(=O)O)N(CCN(CCN(CC(=O)O)CC(=O)O)CC(=O)O)CC(=O)O)c1. The zero-order valence-corrected chi connectivity index (χ0v) is 21.6. The van der Waals surface area contributed by atoms with Gasteiger partial charge < -0.3 is 35.0 Å². The van der Waals surface area contributed by atoms with Crippen molar-refractivity contribution in [2.24, 2.45) is 0 Å². The van der Waals surface area contributed by atoms with Crippen LogP contribution in [0.4, 0.5) is 0 Å². The van der Waals surface area contributed by atoms with E-state index in [9.17, 15) is 39.3 Å².